The van der Waals surface area contributed by atoms with E-state index in [1.54, 1.807) is 12.4 Å². The summed E-state index contributed by atoms with van der Waals surface area (Å²) >= 11 is 0. The molecule has 0 unspecified atom stereocenters. The van der Waals surface area contributed by atoms with Crippen LogP contribution in [0, 0.1) is 0 Å². The Morgan fingerprint density at radius 2 is 2.06 bits per heavy atom. The highest BCUT2D eigenvalue weighted by Gasteiger charge is 2.08. The van der Waals surface area contributed by atoms with E-state index in [4.69, 9.17) is 0 Å². The van der Waals surface area contributed by atoms with Crippen LogP contribution in [0.1, 0.15) is 19.4 Å². The van der Waals surface area contributed by atoms with E-state index in [1.165, 1.54) is 5.56 Å². The van der Waals surface area contributed by atoms with Gasteiger partial charge in [0.05, 0.1) is 6.54 Å². The van der Waals surface area contributed by atoms with Gasteiger partial charge in [0.15, 0.2) is 0 Å². The van der Waals surface area contributed by atoms with Crippen LogP contribution >= 0.6 is 0 Å². The molecule has 0 aliphatic carbocycles. The minimum Gasteiger partial charge on any atom is -0.355 e. The molecule has 0 saturated carbocycles. The number of rotatable bonds is 6. The van der Waals surface area contributed by atoms with Gasteiger partial charge in [-0.3, -0.25) is 14.7 Å². The molecule has 4 nitrogen and oxygen atoms in total. The van der Waals surface area contributed by atoms with Gasteiger partial charge in [-0.15, -0.1) is 0 Å². The van der Waals surface area contributed by atoms with Crippen molar-refractivity contribution in [2.24, 2.45) is 0 Å². The predicted octanol–water partition coefficient (Wildman–Crippen LogP) is 1.04. The quantitative estimate of drug-likeness (QED) is 0.780. The molecule has 1 aromatic heterocycles. The molecule has 0 spiro atoms. The average Bonchev–Trinajstić information content (AvgIpc) is 2.30. The van der Waals surface area contributed by atoms with Gasteiger partial charge in [-0.2, -0.15) is 0 Å². The summed E-state index contributed by atoms with van der Waals surface area (Å²) in [5.74, 6) is 0.0819. The molecule has 1 rings (SSSR count). The number of nitrogens with one attached hydrogen (secondary N) is 1. The highest BCUT2D eigenvalue weighted by Crippen LogP contribution is 2.02. The molecular formula is C12H19N3O. The largest absolute Gasteiger partial charge is 0.355 e. The average molecular weight is 221 g/mol. The molecule has 0 atom stereocenters. The molecule has 16 heavy (non-hydrogen) atoms. The maximum absolute atomic E-state index is 11.4. The summed E-state index contributed by atoms with van der Waals surface area (Å²) in [5.41, 5.74) is 1.18. The van der Waals surface area contributed by atoms with Gasteiger partial charge >= 0.3 is 0 Å². The van der Waals surface area contributed by atoms with Gasteiger partial charge in [0.1, 0.15) is 0 Å². The van der Waals surface area contributed by atoms with Crippen molar-refractivity contribution in [2.75, 3.05) is 19.6 Å². The second-order valence-corrected chi connectivity index (χ2v) is 3.61. The number of amides is 1. The predicted molar refractivity (Wildman–Crippen MR) is 63.9 cm³/mol. The number of carbonyl (C=O) groups is 1. The Morgan fingerprint density at radius 3 is 2.62 bits per heavy atom. The van der Waals surface area contributed by atoms with Crippen LogP contribution in [-0.2, 0) is 11.3 Å². The molecule has 88 valence electrons. The third kappa shape index (κ3) is 4.40. The monoisotopic (exact) mass is 221 g/mol. The van der Waals surface area contributed by atoms with Crippen LogP contribution in [0.4, 0.5) is 0 Å². The minimum atomic E-state index is 0.0819. The van der Waals surface area contributed by atoms with Gasteiger partial charge in [-0.05, 0) is 31.2 Å². The van der Waals surface area contributed by atoms with E-state index >= 15 is 0 Å². The summed E-state index contributed by atoms with van der Waals surface area (Å²) in [6, 6.07) is 3.95. The lowest BCUT2D eigenvalue weighted by molar-refractivity contribution is -0.122. The Morgan fingerprint density at radius 1 is 1.38 bits per heavy atom. The SMILES string of the molecule is CCNC(=O)CN(CC)Cc1ccncc1. The van der Waals surface area contributed by atoms with Crippen molar-refractivity contribution >= 4 is 5.91 Å². The number of carbonyl (C=O) groups excluding carboxylic acids is 1. The number of hydrogen-bond donors (Lipinski definition) is 1. The Balaban J connectivity index is 2.46. The van der Waals surface area contributed by atoms with Crippen LogP contribution < -0.4 is 5.32 Å². The Bertz CT molecular complexity index is 313. The van der Waals surface area contributed by atoms with E-state index < -0.39 is 0 Å². The van der Waals surface area contributed by atoms with Crippen LogP contribution in [0.25, 0.3) is 0 Å². The number of aromatic nitrogens is 1. The Labute approximate surface area is 96.7 Å². The third-order valence-corrected chi connectivity index (χ3v) is 2.34. The summed E-state index contributed by atoms with van der Waals surface area (Å²) in [7, 11) is 0. The second kappa shape index (κ2) is 6.95. The van der Waals surface area contributed by atoms with Gasteiger partial charge in [-0.25, -0.2) is 0 Å². The molecule has 1 N–H and O–H groups in total. The van der Waals surface area contributed by atoms with Crippen molar-refractivity contribution in [2.45, 2.75) is 20.4 Å². The first-order valence-electron chi connectivity index (χ1n) is 5.64. The fourth-order valence-corrected chi connectivity index (χ4v) is 1.48. The van der Waals surface area contributed by atoms with Crippen LogP contribution in [-0.4, -0.2) is 35.4 Å². The fourth-order valence-electron chi connectivity index (χ4n) is 1.48. The van der Waals surface area contributed by atoms with Gasteiger partial charge < -0.3 is 5.32 Å². The number of pyridine rings is 1. The highest BCUT2D eigenvalue weighted by atomic mass is 16.2. The highest BCUT2D eigenvalue weighted by molar-refractivity contribution is 5.77. The molecule has 4 heteroatoms. The van der Waals surface area contributed by atoms with Gasteiger partial charge in [0, 0.05) is 25.5 Å². The lowest BCUT2D eigenvalue weighted by Gasteiger charge is -2.19. The van der Waals surface area contributed by atoms with Crippen molar-refractivity contribution in [1.82, 2.24) is 15.2 Å². The zero-order chi connectivity index (χ0) is 11.8. The summed E-state index contributed by atoms with van der Waals surface area (Å²) in [6.45, 7) is 6.77. The van der Waals surface area contributed by atoms with E-state index in [0.717, 1.165) is 13.1 Å². The van der Waals surface area contributed by atoms with Crippen LogP contribution in [0.5, 0.6) is 0 Å². The van der Waals surface area contributed by atoms with Gasteiger partial charge in [0.2, 0.25) is 5.91 Å². The number of likely N-dealkylation sites (N-methyl/N-ethyl adjacent to an activating group) is 2. The smallest absolute Gasteiger partial charge is 0.234 e. The summed E-state index contributed by atoms with van der Waals surface area (Å²) in [6.07, 6.45) is 3.55. The van der Waals surface area contributed by atoms with E-state index in [-0.39, 0.29) is 5.91 Å². The fraction of sp³-hybridized carbons (Fsp3) is 0.500. The van der Waals surface area contributed by atoms with E-state index in [2.05, 4.69) is 22.1 Å². The maximum atomic E-state index is 11.4. The standard InChI is InChI=1S/C12H19N3O/c1-3-14-12(16)10-15(4-2)9-11-5-7-13-8-6-11/h5-8H,3-4,9-10H2,1-2H3,(H,14,16). The lowest BCUT2D eigenvalue weighted by Crippen LogP contribution is -2.36. The zero-order valence-electron chi connectivity index (χ0n) is 9.94. The zero-order valence-corrected chi connectivity index (χ0v) is 9.94. The molecule has 1 aromatic rings. The van der Waals surface area contributed by atoms with E-state index in [9.17, 15) is 4.79 Å². The molecule has 0 aromatic carbocycles. The van der Waals surface area contributed by atoms with E-state index in [1.807, 2.05) is 19.1 Å². The molecule has 0 saturated heterocycles. The molecule has 0 bridgehead atoms. The summed E-state index contributed by atoms with van der Waals surface area (Å²) in [5, 5.41) is 2.80. The van der Waals surface area contributed by atoms with Crippen LogP contribution in [0.15, 0.2) is 24.5 Å². The molecule has 0 radical (unpaired) electrons. The molecular weight excluding hydrogens is 202 g/mol. The maximum Gasteiger partial charge on any atom is 0.234 e. The van der Waals surface area contributed by atoms with Crippen LogP contribution in [0.3, 0.4) is 0 Å². The molecule has 0 aliphatic rings. The number of hydrogen-bond acceptors (Lipinski definition) is 3. The van der Waals surface area contributed by atoms with Crippen molar-refractivity contribution < 1.29 is 4.79 Å². The summed E-state index contributed by atoms with van der Waals surface area (Å²) in [4.78, 5) is 17.5. The van der Waals surface area contributed by atoms with E-state index in [0.29, 0.717) is 13.1 Å². The Kier molecular flexibility index (Phi) is 5.50. The number of nitrogens with zero attached hydrogens (tertiary/aromatic N) is 2. The minimum absolute atomic E-state index is 0.0819. The topological polar surface area (TPSA) is 45.2 Å². The van der Waals surface area contributed by atoms with Crippen LogP contribution in [0.2, 0.25) is 0 Å². The van der Waals surface area contributed by atoms with Gasteiger partial charge in [0.25, 0.3) is 0 Å². The van der Waals surface area contributed by atoms with Gasteiger partial charge in [-0.1, -0.05) is 6.92 Å². The molecule has 0 aliphatic heterocycles. The normalized spacial score (nSPS) is 10.4. The molecule has 0 fully saturated rings. The molecule has 1 amide bonds. The first kappa shape index (κ1) is 12.6. The second-order valence-electron chi connectivity index (χ2n) is 3.61. The molecule has 1 heterocycles. The van der Waals surface area contributed by atoms with Crippen molar-refractivity contribution in [1.29, 1.82) is 0 Å². The lowest BCUT2D eigenvalue weighted by atomic mass is 10.2. The summed E-state index contributed by atoms with van der Waals surface area (Å²) < 4.78 is 0. The first-order valence-corrected chi connectivity index (χ1v) is 5.64. The first-order chi connectivity index (χ1) is 7.76. The third-order valence-electron chi connectivity index (χ3n) is 2.34. The Hall–Kier alpha value is -1.42. The van der Waals surface area contributed by atoms with Crippen molar-refractivity contribution in [3.05, 3.63) is 30.1 Å². The van der Waals surface area contributed by atoms with Crippen molar-refractivity contribution in [3.63, 3.8) is 0 Å². The van der Waals surface area contributed by atoms with Crippen molar-refractivity contribution in [3.8, 4) is 0 Å².